The lowest BCUT2D eigenvalue weighted by atomic mass is 9.65. The van der Waals surface area contributed by atoms with E-state index in [4.69, 9.17) is 14.7 Å². The number of fused-ring (bicyclic) bond motifs is 9. The predicted octanol–water partition coefficient (Wildman–Crippen LogP) is 13.1. The average Bonchev–Trinajstić information content (AvgIpc) is 3.57. The van der Waals surface area contributed by atoms with Crippen molar-refractivity contribution in [2.75, 3.05) is 0 Å². The quantitative estimate of drug-likeness (QED) is 0.178. The number of rotatable bonds is 5. The zero-order valence-corrected chi connectivity index (χ0v) is 30.6. The molecule has 0 fully saturated rings. The predicted molar refractivity (Wildman–Crippen MR) is 227 cm³/mol. The summed E-state index contributed by atoms with van der Waals surface area (Å²) in [4.78, 5) is 10.1. The maximum absolute atomic E-state index is 6.58. The molecule has 8 aromatic rings. The molecule has 1 aromatic heterocycles. The number of hydrogen-bond acceptors (Lipinski definition) is 3. The fourth-order valence-electron chi connectivity index (χ4n) is 9.14. The number of hydrogen-bond donors (Lipinski definition) is 0. The first kappa shape index (κ1) is 32.3. The van der Waals surface area contributed by atoms with Crippen molar-refractivity contribution in [3.8, 4) is 56.5 Å². The Morgan fingerprint density at radius 3 is 1.80 bits per heavy atom. The van der Waals surface area contributed by atoms with E-state index in [-0.39, 0.29) is 5.92 Å². The van der Waals surface area contributed by atoms with Gasteiger partial charge in [-0.15, -0.1) is 0 Å². The number of para-hydroxylation sites is 2. The Morgan fingerprint density at radius 2 is 1.05 bits per heavy atom. The smallest absolute Gasteiger partial charge is 0.160 e. The maximum atomic E-state index is 6.58. The summed E-state index contributed by atoms with van der Waals surface area (Å²) in [6.45, 7) is 0. The van der Waals surface area contributed by atoms with Gasteiger partial charge in [0, 0.05) is 33.7 Å². The molecule has 3 nitrogen and oxygen atoms in total. The Balaban J connectivity index is 1.01. The maximum Gasteiger partial charge on any atom is 0.160 e. The lowest BCUT2D eigenvalue weighted by Gasteiger charge is -2.39. The van der Waals surface area contributed by atoms with Gasteiger partial charge in [0.25, 0.3) is 0 Å². The normalized spacial score (nSPS) is 15.6. The Labute approximate surface area is 327 Å². The third kappa shape index (κ3) is 5.12. The minimum atomic E-state index is -0.479. The number of ether oxygens (including phenoxy) is 1. The monoisotopic (exact) mass is 716 g/mol. The van der Waals surface area contributed by atoms with E-state index in [0.717, 1.165) is 51.8 Å². The summed E-state index contributed by atoms with van der Waals surface area (Å²) >= 11 is 0. The molecule has 0 saturated carbocycles. The van der Waals surface area contributed by atoms with E-state index in [1.165, 1.54) is 50.1 Å². The summed E-state index contributed by atoms with van der Waals surface area (Å²) in [6, 6.07) is 64.8. The van der Waals surface area contributed by atoms with Gasteiger partial charge in [-0.2, -0.15) is 0 Å². The van der Waals surface area contributed by atoms with Crippen LogP contribution in [-0.4, -0.2) is 9.97 Å². The van der Waals surface area contributed by atoms with Crippen LogP contribution in [0, 0.1) is 0 Å². The van der Waals surface area contributed by atoms with Crippen molar-refractivity contribution < 1.29 is 4.74 Å². The van der Waals surface area contributed by atoms with Crippen LogP contribution in [0.15, 0.2) is 200 Å². The van der Waals surface area contributed by atoms with Crippen molar-refractivity contribution in [3.63, 3.8) is 0 Å². The summed E-state index contributed by atoms with van der Waals surface area (Å²) in [5.41, 5.74) is 15.7. The van der Waals surface area contributed by atoms with E-state index in [1.807, 2.05) is 24.3 Å². The van der Waals surface area contributed by atoms with Gasteiger partial charge in [-0.25, -0.2) is 9.97 Å². The van der Waals surface area contributed by atoms with Gasteiger partial charge < -0.3 is 4.74 Å². The molecule has 1 aliphatic heterocycles. The van der Waals surface area contributed by atoms with E-state index in [1.54, 1.807) is 0 Å². The molecule has 0 saturated heterocycles. The first-order valence-corrected chi connectivity index (χ1v) is 19.3. The second-order valence-electron chi connectivity index (χ2n) is 14.8. The molecule has 2 aliphatic carbocycles. The van der Waals surface area contributed by atoms with Crippen molar-refractivity contribution in [1.82, 2.24) is 9.97 Å². The van der Waals surface area contributed by atoms with Crippen molar-refractivity contribution in [2.45, 2.75) is 17.8 Å². The van der Waals surface area contributed by atoms with Crippen LogP contribution in [-0.2, 0) is 5.41 Å². The van der Waals surface area contributed by atoms with Crippen LogP contribution in [0.3, 0.4) is 0 Å². The molecule has 7 aromatic carbocycles. The van der Waals surface area contributed by atoms with Crippen LogP contribution in [0.4, 0.5) is 0 Å². The number of benzene rings is 7. The van der Waals surface area contributed by atoms with Crippen LogP contribution < -0.4 is 4.74 Å². The van der Waals surface area contributed by atoms with Crippen LogP contribution in [0.25, 0.3) is 50.6 Å². The highest BCUT2D eigenvalue weighted by atomic mass is 16.5. The molecule has 0 bridgehead atoms. The van der Waals surface area contributed by atoms with Gasteiger partial charge in [0.2, 0.25) is 0 Å². The van der Waals surface area contributed by atoms with Crippen molar-refractivity contribution >= 4 is 5.57 Å². The minimum Gasteiger partial charge on any atom is -0.457 e. The lowest BCUT2D eigenvalue weighted by Crippen LogP contribution is -2.32. The highest BCUT2D eigenvalue weighted by Crippen LogP contribution is 2.62. The third-order valence-corrected chi connectivity index (χ3v) is 11.7. The fourth-order valence-corrected chi connectivity index (χ4v) is 9.14. The van der Waals surface area contributed by atoms with Crippen LogP contribution in [0.1, 0.15) is 45.7 Å². The number of allylic oxidation sites excluding steroid dienone is 4. The zero-order valence-electron chi connectivity index (χ0n) is 30.6. The van der Waals surface area contributed by atoms with E-state index in [2.05, 4.69) is 176 Å². The largest absolute Gasteiger partial charge is 0.457 e. The Kier molecular flexibility index (Phi) is 7.53. The molecule has 56 heavy (non-hydrogen) atoms. The molecule has 11 rings (SSSR count). The Bertz CT molecular complexity index is 2770. The van der Waals surface area contributed by atoms with Crippen LogP contribution in [0.2, 0.25) is 0 Å². The van der Waals surface area contributed by atoms with Gasteiger partial charge >= 0.3 is 0 Å². The molecule has 1 spiro atoms. The summed E-state index contributed by atoms with van der Waals surface area (Å²) in [6.07, 6.45) is 7.99. The molecule has 264 valence electrons. The standard InChI is InChI=1S/C53H36N2O/c1-3-15-35(16-4-1)48-34-49(55-52(54-48)36-17-5-2-6-18-36)41-22-14-21-39(32-41)37-19-13-20-38(31-37)40-29-30-43-42-23-7-8-24-44(42)53(47(43)33-40)45-25-9-11-27-50(45)56-51-28-12-10-26-46(51)53/h1-19,21-34,38H,20H2. The van der Waals surface area contributed by atoms with Crippen LogP contribution in [0.5, 0.6) is 11.5 Å². The number of aromatic nitrogens is 2. The molecular weight excluding hydrogens is 681 g/mol. The van der Waals surface area contributed by atoms with Gasteiger partial charge in [0.1, 0.15) is 11.5 Å². The van der Waals surface area contributed by atoms with Crippen molar-refractivity contribution in [1.29, 1.82) is 0 Å². The van der Waals surface area contributed by atoms with E-state index in [0.29, 0.717) is 0 Å². The first-order chi connectivity index (χ1) is 27.7. The molecule has 0 radical (unpaired) electrons. The van der Waals surface area contributed by atoms with Crippen LogP contribution >= 0.6 is 0 Å². The summed E-state index contributed by atoms with van der Waals surface area (Å²) < 4.78 is 6.58. The highest BCUT2D eigenvalue weighted by molar-refractivity contribution is 5.89. The molecule has 1 unspecified atom stereocenters. The molecule has 0 N–H and O–H groups in total. The molecule has 3 heteroatoms. The SMILES string of the molecule is C1=CC(c2cccc(-c3cc(-c4ccccc4)nc(-c4ccccc4)n3)c2)=CC(c2ccc3c(c2)C2(c4ccccc4Oc4ccccc42)c2ccccc2-3)C1. The Morgan fingerprint density at radius 1 is 0.464 bits per heavy atom. The van der Waals surface area contributed by atoms with Gasteiger partial charge in [0.05, 0.1) is 16.8 Å². The van der Waals surface area contributed by atoms with Gasteiger partial charge in [-0.1, -0.05) is 176 Å². The minimum absolute atomic E-state index is 0.212. The summed E-state index contributed by atoms with van der Waals surface area (Å²) in [5, 5.41) is 0. The summed E-state index contributed by atoms with van der Waals surface area (Å²) in [7, 11) is 0. The summed E-state index contributed by atoms with van der Waals surface area (Å²) in [5.74, 6) is 2.76. The molecular formula is C53H36N2O. The molecule has 3 aliphatic rings. The topological polar surface area (TPSA) is 35.0 Å². The highest BCUT2D eigenvalue weighted by Gasteiger charge is 2.51. The zero-order chi connectivity index (χ0) is 37.1. The van der Waals surface area contributed by atoms with E-state index < -0.39 is 5.41 Å². The number of nitrogens with zero attached hydrogens (tertiary/aromatic N) is 2. The van der Waals surface area contributed by atoms with Crippen molar-refractivity contribution in [2.24, 2.45) is 0 Å². The second kappa shape index (κ2) is 13.0. The van der Waals surface area contributed by atoms with E-state index >= 15 is 0 Å². The van der Waals surface area contributed by atoms with Gasteiger partial charge in [-0.3, -0.25) is 0 Å². The molecule has 2 heterocycles. The lowest BCUT2D eigenvalue weighted by molar-refractivity contribution is 0.436. The van der Waals surface area contributed by atoms with Crippen molar-refractivity contribution in [3.05, 3.63) is 234 Å². The molecule has 0 amide bonds. The third-order valence-electron chi connectivity index (χ3n) is 11.7. The molecule has 1 atom stereocenters. The Hall–Kier alpha value is -7.10. The second-order valence-corrected chi connectivity index (χ2v) is 14.8. The average molecular weight is 717 g/mol. The van der Waals surface area contributed by atoms with Gasteiger partial charge in [0.15, 0.2) is 5.82 Å². The fraction of sp³-hybridized carbons (Fsp3) is 0.0566. The first-order valence-electron chi connectivity index (χ1n) is 19.3. The van der Waals surface area contributed by atoms with Gasteiger partial charge in [-0.05, 0) is 69.6 Å². The van der Waals surface area contributed by atoms with E-state index in [9.17, 15) is 0 Å².